The Morgan fingerprint density at radius 2 is 2.05 bits per heavy atom. The molecule has 1 N–H and O–H groups in total. The van der Waals surface area contributed by atoms with Gasteiger partial charge in [-0.1, -0.05) is 18.2 Å². The lowest BCUT2D eigenvalue weighted by Crippen LogP contribution is -2.19. The van der Waals surface area contributed by atoms with E-state index in [4.69, 9.17) is 0 Å². The van der Waals surface area contributed by atoms with E-state index in [1.807, 2.05) is 0 Å². The van der Waals surface area contributed by atoms with E-state index < -0.39 is 10.8 Å². The third-order valence-corrected chi connectivity index (χ3v) is 3.38. The summed E-state index contributed by atoms with van der Waals surface area (Å²) in [5.74, 6) is -0.376. The number of anilines is 1. The molecule has 1 unspecified atom stereocenters. The number of carbonyl (C=O) groups excluding carboxylic acids is 1. The highest BCUT2D eigenvalue weighted by Crippen LogP contribution is 2.22. The summed E-state index contributed by atoms with van der Waals surface area (Å²) in [5.41, 5.74) is 0.546. The summed E-state index contributed by atoms with van der Waals surface area (Å²) in [6.07, 6.45) is 0. The molecule has 0 bridgehead atoms. The van der Waals surface area contributed by atoms with Gasteiger partial charge < -0.3 is 5.32 Å². The quantitative estimate of drug-likeness (QED) is 0.520. The van der Waals surface area contributed by atoms with Gasteiger partial charge in [-0.25, -0.2) is 4.98 Å². The van der Waals surface area contributed by atoms with Gasteiger partial charge in [0.15, 0.2) is 0 Å². The van der Waals surface area contributed by atoms with Crippen molar-refractivity contribution in [1.29, 1.82) is 0 Å². The summed E-state index contributed by atoms with van der Waals surface area (Å²) in [5, 5.41) is 13.4. The van der Waals surface area contributed by atoms with Gasteiger partial charge in [0.2, 0.25) is 5.91 Å². The minimum Gasteiger partial charge on any atom is -0.310 e. The first-order valence-electron chi connectivity index (χ1n) is 6.15. The van der Waals surface area contributed by atoms with Gasteiger partial charge in [0.05, 0.1) is 10.8 Å². The number of non-ortho nitro benzene ring substituents is 1. The second-order valence-electron chi connectivity index (χ2n) is 4.41. The van der Waals surface area contributed by atoms with Crippen molar-refractivity contribution in [2.24, 2.45) is 0 Å². The summed E-state index contributed by atoms with van der Waals surface area (Å²) in [7, 11) is 0. The Morgan fingerprint density at radius 1 is 1.33 bits per heavy atom. The van der Waals surface area contributed by atoms with Gasteiger partial charge in [0.1, 0.15) is 10.4 Å². The van der Waals surface area contributed by atoms with E-state index >= 15 is 0 Å². The van der Waals surface area contributed by atoms with E-state index in [1.165, 1.54) is 12.1 Å². The average molecular weight is 350 g/mol. The Bertz CT molecular complexity index is 691. The van der Waals surface area contributed by atoms with Crippen LogP contribution in [0.5, 0.6) is 0 Å². The fraction of sp³-hybridized carbons (Fsp3) is 0.143. The molecule has 0 aliphatic carbocycles. The molecule has 2 rings (SSSR count). The standard InChI is InChI=1S/C14H12BrN3O3/c1-9(10-4-2-5-11(8-10)18(20)21)14(19)17-13-7-3-6-12(15)16-13/h2-9H,1H3,(H,16,17,19). The fourth-order valence-electron chi connectivity index (χ4n) is 1.77. The van der Waals surface area contributed by atoms with Gasteiger partial charge in [-0.2, -0.15) is 0 Å². The molecule has 2 aromatic rings. The van der Waals surface area contributed by atoms with Crippen LogP contribution in [0, 0.1) is 10.1 Å². The number of nitrogens with one attached hydrogen (secondary N) is 1. The maximum atomic E-state index is 12.2. The lowest BCUT2D eigenvalue weighted by molar-refractivity contribution is -0.384. The zero-order valence-electron chi connectivity index (χ0n) is 11.1. The third kappa shape index (κ3) is 3.85. The maximum absolute atomic E-state index is 12.2. The van der Waals surface area contributed by atoms with Gasteiger partial charge in [-0.3, -0.25) is 14.9 Å². The van der Waals surface area contributed by atoms with Crippen LogP contribution >= 0.6 is 15.9 Å². The zero-order chi connectivity index (χ0) is 15.4. The Labute approximate surface area is 129 Å². The van der Waals surface area contributed by atoms with Crippen LogP contribution < -0.4 is 5.32 Å². The van der Waals surface area contributed by atoms with Gasteiger partial charge in [0.25, 0.3) is 5.69 Å². The van der Waals surface area contributed by atoms with E-state index in [-0.39, 0.29) is 11.6 Å². The molecule has 1 atom stereocenters. The van der Waals surface area contributed by atoms with Gasteiger partial charge in [-0.05, 0) is 40.5 Å². The van der Waals surface area contributed by atoms with Crippen molar-refractivity contribution >= 4 is 33.3 Å². The van der Waals surface area contributed by atoms with Crippen molar-refractivity contribution < 1.29 is 9.72 Å². The predicted molar refractivity (Wildman–Crippen MR) is 82.1 cm³/mol. The van der Waals surface area contributed by atoms with Crippen molar-refractivity contribution in [1.82, 2.24) is 4.98 Å². The predicted octanol–water partition coefficient (Wildman–Crippen LogP) is 3.49. The molecule has 1 amide bonds. The van der Waals surface area contributed by atoms with Gasteiger partial charge in [0, 0.05) is 12.1 Å². The minimum absolute atomic E-state index is 0.0345. The third-order valence-electron chi connectivity index (χ3n) is 2.94. The molecule has 6 nitrogen and oxygen atoms in total. The molecule has 1 aromatic heterocycles. The van der Waals surface area contributed by atoms with Crippen LogP contribution in [0.1, 0.15) is 18.4 Å². The summed E-state index contributed by atoms with van der Waals surface area (Å²) < 4.78 is 0.614. The first-order chi connectivity index (χ1) is 9.97. The van der Waals surface area contributed by atoms with E-state index in [0.717, 1.165) is 0 Å². The van der Waals surface area contributed by atoms with E-state index in [9.17, 15) is 14.9 Å². The van der Waals surface area contributed by atoms with Gasteiger partial charge >= 0.3 is 0 Å². The van der Waals surface area contributed by atoms with E-state index in [2.05, 4.69) is 26.2 Å². The molecule has 0 saturated heterocycles. The van der Waals surface area contributed by atoms with Crippen molar-refractivity contribution in [3.8, 4) is 0 Å². The maximum Gasteiger partial charge on any atom is 0.269 e. The molecular weight excluding hydrogens is 338 g/mol. The number of halogens is 1. The zero-order valence-corrected chi connectivity index (χ0v) is 12.7. The highest BCUT2D eigenvalue weighted by atomic mass is 79.9. The van der Waals surface area contributed by atoms with E-state index in [0.29, 0.717) is 16.0 Å². The molecular formula is C14H12BrN3O3. The highest BCUT2D eigenvalue weighted by Gasteiger charge is 2.18. The van der Waals surface area contributed by atoms with Gasteiger partial charge in [-0.15, -0.1) is 0 Å². The smallest absolute Gasteiger partial charge is 0.269 e. The number of benzene rings is 1. The second kappa shape index (κ2) is 6.45. The van der Waals surface area contributed by atoms with Crippen molar-refractivity contribution in [2.75, 3.05) is 5.32 Å². The van der Waals surface area contributed by atoms with Crippen molar-refractivity contribution in [3.63, 3.8) is 0 Å². The average Bonchev–Trinajstić information content (AvgIpc) is 2.46. The molecule has 0 spiro atoms. The summed E-state index contributed by atoms with van der Waals surface area (Å²) in [4.78, 5) is 26.6. The van der Waals surface area contributed by atoms with Crippen LogP contribution in [0.25, 0.3) is 0 Å². The lowest BCUT2D eigenvalue weighted by Gasteiger charge is -2.12. The highest BCUT2D eigenvalue weighted by molar-refractivity contribution is 9.10. The molecule has 21 heavy (non-hydrogen) atoms. The number of aromatic nitrogens is 1. The molecule has 0 aliphatic heterocycles. The molecule has 0 fully saturated rings. The largest absolute Gasteiger partial charge is 0.310 e. The Morgan fingerprint density at radius 3 is 2.71 bits per heavy atom. The molecule has 1 heterocycles. The number of rotatable bonds is 4. The van der Waals surface area contributed by atoms with Crippen LogP contribution in [-0.2, 0) is 4.79 Å². The van der Waals surface area contributed by atoms with Crippen molar-refractivity contribution in [2.45, 2.75) is 12.8 Å². The van der Waals surface area contributed by atoms with Crippen LogP contribution in [0.3, 0.4) is 0 Å². The topological polar surface area (TPSA) is 85.1 Å². The first-order valence-corrected chi connectivity index (χ1v) is 6.94. The normalized spacial score (nSPS) is 11.7. The number of pyridine rings is 1. The summed E-state index contributed by atoms with van der Waals surface area (Å²) in [6.45, 7) is 1.69. The summed E-state index contributed by atoms with van der Waals surface area (Å²) >= 11 is 3.22. The molecule has 1 aromatic carbocycles. The number of hydrogen-bond donors (Lipinski definition) is 1. The first kappa shape index (κ1) is 15.1. The van der Waals surface area contributed by atoms with Crippen LogP contribution in [0.15, 0.2) is 47.1 Å². The Balaban J connectivity index is 2.15. The Hall–Kier alpha value is -2.28. The second-order valence-corrected chi connectivity index (χ2v) is 5.22. The fourth-order valence-corrected chi connectivity index (χ4v) is 2.12. The number of nitro groups is 1. The number of carbonyl (C=O) groups is 1. The number of nitro benzene ring substituents is 1. The van der Waals surface area contributed by atoms with Crippen LogP contribution in [-0.4, -0.2) is 15.8 Å². The van der Waals surface area contributed by atoms with E-state index in [1.54, 1.807) is 37.3 Å². The SMILES string of the molecule is CC(C(=O)Nc1cccc(Br)n1)c1cccc([N+](=O)[O-])c1. The monoisotopic (exact) mass is 349 g/mol. The number of hydrogen-bond acceptors (Lipinski definition) is 4. The number of amides is 1. The summed E-state index contributed by atoms with van der Waals surface area (Å²) in [6, 6.07) is 11.2. The minimum atomic E-state index is -0.523. The molecule has 7 heteroatoms. The number of nitrogens with zero attached hydrogens (tertiary/aromatic N) is 2. The van der Waals surface area contributed by atoms with Crippen molar-refractivity contribution in [3.05, 3.63) is 62.7 Å². The van der Waals surface area contributed by atoms with Crippen LogP contribution in [0.4, 0.5) is 11.5 Å². The molecule has 108 valence electrons. The van der Waals surface area contributed by atoms with Crippen LogP contribution in [0.2, 0.25) is 0 Å². The molecule has 0 radical (unpaired) electrons. The molecule has 0 saturated carbocycles. The lowest BCUT2D eigenvalue weighted by atomic mass is 10.00. The Kier molecular flexibility index (Phi) is 4.64. The molecule has 0 aliphatic rings.